The van der Waals surface area contributed by atoms with Crippen molar-refractivity contribution in [1.82, 2.24) is 4.90 Å². The lowest BCUT2D eigenvalue weighted by Crippen LogP contribution is -2.42. The first-order chi connectivity index (χ1) is 9.24. The van der Waals surface area contributed by atoms with E-state index < -0.39 is 0 Å². The van der Waals surface area contributed by atoms with Crippen molar-refractivity contribution >= 4 is 5.91 Å². The summed E-state index contributed by atoms with van der Waals surface area (Å²) in [4.78, 5) is 14.6. The standard InChI is InChI=1S/C15H24N2O2/c1-12-8-11-19-14(12)15(18)17(10-5-9-16)13-6-3-2-4-7-13/h8,11,13H,2-7,9-10,16H2,1H3. The molecule has 0 radical (unpaired) electrons. The first kappa shape index (κ1) is 14.1. The van der Waals surface area contributed by atoms with Crippen LogP contribution >= 0.6 is 0 Å². The predicted octanol–water partition coefficient (Wildman–Crippen LogP) is 2.71. The molecular weight excluding hydrogens is 240 g/mol. The highest BCUT2D eigenvalue weighted by atomic mass is 16.3. The molecule has 0 aromatic carbocycles. The first-order valence-electron chi connectivity index (χ1n) is 7.29. The number of nitrogens with two attached hydrogens (primary N) is 1. The second-order valence-electron chi connectivity index (χ2n) is 5.37. The topological polar surface area (TPSA) is 59.5 Å². The minimum Gasteiger partial charge on any atom is -0.459 e. The van der Waals surface area contributed by atoms with E-state index in [0.717, 1.165) is 31.4 Å². The molecule has 2 N–H and O–H groups in total. The molecule has 1 heterocycles. The number of furan rings is 1. The lowest BCUT2D eigenvalue weighted by atomic mass is 9.93. The van der Waals surface area contributed by atoms with Crippen LogP contribution in [0.4, 0.5) is 0 Å². The third-order valence-electron chi connectivity index (χ3n) is 3.94. The summed E-state index contributed by atoms with van der Waals surface area (Å²) in [6, 6.07) is 2.20. The summed E-state index contributed by atoms with van der Waals surface area (Å²) >= 11 is 0. The Kier molecular flexibility index (Phi) is 5.02. The Bertz CT molecular complexity index is 408. The van der Waals surface area contributed by atoms with Gasteiger partial charge in [0, 0.05) is 18.2 Å². The van der Waals surface area contributed by atoms with Crippen LogP contribution < -0.4 is 5.73 Å². The van der Waals surface area contributed by atoms with Crippen LogP contribution in [-0.4, -0.2) is 29.9 Å². The molecule has 1 fully saturated rings. The van der Waals surface area contributed by atoms with Crippen LogP contribution in [0.5, 0.6) is 0 Å². The Morgan fingerprint density at radius 3 is 2.74 bits per heavy atom. The van der Waals surface area contributed by atoms with Crippen LogP contribution in [0.2, 0.25) is 0 Å². The van der Waals surface area contributed by atoms with Crippen LogP contribution in [0, 0.1) is 6.92 Å². The van der Waals surface area contributed by atoms with Crippen molar-refractivity contribution in [1.29, 1.82) is 0 Å². The van der Waals surface area contributed by atoms with E-state index >= 15 is 0 Å². The zero-order valence-electron chi connectivity index (χ0n) is 11.7. The second-order valence-corrected chi connectivity index (χ2v) is 5.37. The molecule has 0 atom stereocenters. The fraction of sp³-hybridized carbons (Fsp3) is 0.667. The SMILES string of the molecule is Cc1ccoc1C(=O)N(CCCN)C1CCCCC1. The van der Waals surface area contributed by atoms with Crippen molar-refractivity contribution in [2.45, 2.75) is 51.5 Å². The molecule has 0 unspecified atom stereocenters. The molecule has 1 aliphatic carbocycles. The van der Waals surface area contributed by atoms with Gasteiger partial charge in [-0.3, -0.25) is 4.79 Å². The van der Waals surface area contributed by atoms with Gasteiger partial charge in [-0.05, 0) is 38.8 Å². The van der Waals surface area contributed by atoms with Gasteiger partial charge in [-0.1, -0.05) is 19.3 Å². The molecule has 19 heavy (non-hydrogen) atoms. The highest BCUT2D eigenvalue weighted by molar-refractivity contribution is 5.93. The molecule has 1 saturated carbocycles. The van der Waals surface area contributed by atoms with Crippen LogP contribution in [0.1, 0.15) is 54.6 Å². The molecule has 0 bridgehead atoms. The number of carbonyl (C=O) groups is 1. The number of carbonyl (C=O) groups excluding carboxylic acids is 1. The molecule has 0 aliphatic heterocycles. The minimum absolute atomic E-state index is 0.0304. The maximum Gasteiger partial charge on any atom is 0.290 e. The van der Waals surface area contributed by atoms with Gasteiger partial charge in [-0.25, -0.2) is 0 Å². The first-order valence-corrected chi connectivity index (χ1v) is 7.29. The van der Waals surface area contributed by atoms with Crippen molar-refractivity contribution < 1.29 is 9.21 Å². The van der Waals surface area contributed by atoms with Gasteiger partial charge in [-0.15, -0.1) is 0 Å². The summed E-state index contributed by atoms with van der Waals surface area (Å²) in [6.45, 7) is 3.27. The lowest BCUT2D eigenvalue weighted by Gasteiger charge is -2.34. The largest absolute Gasteiger partial charge is 0.459 e. The van der Waals surface area contributed by atoms with E-state index in [-0.39, 0.29) is 5.91 Å². The van der Waals surface area contributed by atoms with Gasteiger partial charge >= 0.3 is 0 Å². The van der Waals surface area contributed by atoms with E-state index in [1.54, 1.807) is 6.26 Å². The van der Waals surface area contributed by atoms with Crippen molar-refractivity contribution in [3.63, 3.8) is 0 Å². The Hall–Kier alpha value is -1.29. The Morgan fingerprint density at radius 2 is 2.16 bits per heavy atom. The van der Waals surface area contributed by atoms with E-state index in [1.165, 1.54) is 19.3 Å². The molecule has 4 nitrogen and oxygen atoms in total. The van der Waals surface area contributed by atoms with Gasteiger partial charge in [0.1, 0.15) is 0 Å². The maximum absolute atomic E-state index is 12.6. The van der Waals surface area contributed by atoms with Crippen molar-refractivity contribution in [2.24, 2.45) is 5.73 Å². The minimum atomic E-state index is 0.0304. The normalized spacial score (nSPS) is 16.5. The Morgan fingerprint density at radius 1 is 1.42 bits per heavy atom. The van der Waals surface area contributed by atoms with Crippen molar-refractivity contribution in [2.75, 3.05) is 13.1 Å². The summed E-state index contributed by atoms with van der Waals surface area (Å²) in [7, 11) is 0. The molecule has 0 spiro atoms. The molecule has 1 aliphatic rings. The van der Waals surface area contributed by atoms with Gasteiger partial charge in [0.05, 0.1) is 6.26 Å². The average Bonchev–Trinajstić information content (AvgIpc) is 2.86. The quantitative estimate of drug-likeness (QED) is 0.889. The molecule has 1 aromatic rings. The van der Waals surface area contributed by atoms with Crippen molar-refractivity contribution in [3.8, 4) is 0 Å². The average molecular weight is 264 g/mol. The number of rotatable bonds is 5. The third kappa shape index (κ3) is 3.38. The maximum atomic E-state index is 12.6. The molecule has 1 aromatic heterocycles. The number of hydrogen-bond acceptors (Lipinski definition) is 3. The van der Waals surface area contributed by atoms with Gasteiger partial charge in [0.15, 0.2) is 5.76 Å². The fourth-order valence-electron chi connectivity index (χ4n) is 2.83. The number of amides is 1. The van der Waals surface area contributed by atoms with E-state index in [1.807, 2.05) is 17.9 Å². The lowest BCUT2D eigenvalue weighted by molar-refractivity contribution is 0.0599. The Labute approximate surface area is 114 Å². The van der Waals surface area contributed by atoms with E-state index in [2.05, 4.69) is 0 Å². The molecule has 106 valence electrons. The third-order valence-corrected chi connectivity index (χ3v) is 3.94. The van der Waals surface area contributed by atoms with Crippen LogP contribution in [-0.2, 0) is 0 Å². The number of aryl methyl sites for hydroxylation is 1. The predicted molar refractivity (Wildman–Crippen MR) is 75.0 cm³/mol. The fourth-order valence-corrected chi connectivity index (χ4v) is 2.83. The zero-order chi connectivity index (χ0) is 13.7. The Balaban J connectivity index is 2.12. The van der Waals surface area contributed by atoms with Gasteiger partial charge < -0.3 is 15.1 Å². The highest BCUT2D eigenvalue weighted by Crippen LogP contribution is 2.25. The van der Waals surface area contributed by atoms with Gasteiger partial charge in [-0.2, -0.15) is 0 Å². The number of nitrogens with zero attached hydrogens (tertiary/aromatic N) is 1. The second kappa shape index (κ2) is 6.75. The molecule has 2 rings (SSSR count). The summed E-state index contributed by atoms with van der Waals surface area (Å²) in [5.41, 5.74) is 6.51. The van der Waals surface area contributed by atoms with Crippen LogP contribution in [0.15, 0.2) is 16.7 Å². The summed E-state index contributed by atoms with van der Waals surface area (Å²) in [5, 5.41) is 0. The summed E-state index contributed by atoms with van der Waals surface area (Å²) in [6.07, 6.45) is 8.37. The highest BCUT2D eigenvalue weighted by Gasteiger charge is 2.28. The van der Waals surface area contributed by atoms with Crippen LogP contribution in [0.3, 0.4) is 0 Å². The molecule has 4 heteroatoms. The van der Waals surface area contributed by atoms with Gasteiger partial charge in [0.2, 0.25) is 0 Å². The van der Waals surface area contributed by atoms with E-state index in [0.29, 0.717) is 18.3 Å². The van der Waals surface area contributed by atoms with Gasteiger partial charge in [0.25, 0.3) is 5.91 Å². The summed E-state index contributed by atoms with van der Waals surface area (Å²) < 4.78 is 5.36. The molecule has 1 amide bonds. The smallest absolute Gasteiger partial charge is 0.290 e. The molecule has 0 saturated heterocycles. The molecular formula is C15H24N2O2. The van der Waals surface area contributed by atoms with Crippen molar-refractivity contribution in [3.05, 3.63) is 23.7 Å². The number of hydrogen-bond donors (Lipinski definition) is 1. The zero-order valence-corrected chi connectivity index (χ0v) is 11.7. The monoisotopic (exact) mass is 264 g/mol. The summed E-state index contributed by atoms with van der Waals surface area (Å²) in [5.74, 6) is 0.519. The van der Waals surface area contributed by atoms with Crippen LogP contribution in [0.25, 0.3) is 0 Å². The van der Waals surface area contributed by atoms with E-state index in [4.69, 9.17) is 10.2 Å². The van der Waals surface area contributed by atoms with E-state index in [9.17, 15) is 4.79 Å².